The van der Waals surface area contributed by atoms with Gasteiger partial charge in [-0.1, -0.05) is 11.6 Å². The molecule has 0 aliphatic carbocycles. The van der Waals surface area contributed by atoms with Crippen molar-refractivity contribution in [1.29, 1.82) is 0 Å². The van der Waals surface area contributed by atoms with E-state index in [0.29, 0.717) is 5.69 Å². The van der Waals surface area contributed by atoms with E-state index >= 15 is 0 Å². The SMILES string of the molecule is C[C@@H]1C[NH+]([C@@H](C)C(=O)Nc2ccc(Cl)c(S(=O)(=O)N(C)C)c2)C[C@H](C)O1. The summed E-state index contributed by atoms with van der Waals surface area (Å²) < 4.78 is 31.5. The van der Waals surface area contributed by atoms with E-state index in [-0.39, 0.29) is 34.1 Å². The summed E-state index contributed by atoms with van der Waals surface area (Å²) in [4.78, 5) is 13.7. The van der Waals surface area contributed by atoms with E-state index in [1.807, 2.05) is 20.8 Å². The number of ether oxygens (including phenoxy) is 1. The highest BCUT2D eigenvalue weighted by Crippen LogP contribution is 2.26. The molecule has 1 saturated heterocycles. The molecule has 1 heterocycles. The summed E-state index contributed by atoms with van der Waals surface area (Å²) in [7, 11) is -0.826. The van der Waals surface area contributed by atoms with Gasteiger partial charge < -0.3 is 15.0 Å². The van der Waals surface area contributed by atoms with Crippen molar-refractivity contribution in [3.8, 4) is 0 Å². The molecule has 0 aromatic heterocycles. The molecule has 4 atom stereocenters. The summed E-state index contributed by atoms with van der Waals surface area (Å²) in [5.74, 6) is -0.170. The van der Waals surface area contributed by atoms with Crippen molar-refractivity contribution in [1.82, 2.24) is 4.31 Å². The fourth-order valence-corrected chi connectivity index (χ4v) is 4.47. The Kier molecular flexibility index (Phi) is 6.68. The molecular weight excluding hydrogens is 378 g/mol. The number of sulfonamides is 1. The number of benzene rings is 1. The molecule has 9 heteroatoms. The molecule has 2 N–H and O–H groups in total. The largest absolute Gasteiger partial charge is 0.364 e. The van der Waals surface area contributed by atoms with Crippen LogP contribution in [0.2, 0.25) is 5.02 Å². The number of nitrogens with one attached hydrogen (secondary N) is 2. The van der Waals surface area contributed by atoms with Gasteiger partial charge in [0.25, 0.3) is 5.91 Å². The highest BCUT2D eigenvalue weighted by molar-refractivity contribution is 7.89. The molecule has 1 unspecified atom stereocenters. The number of carbonyl (C=O) groups is 1. The van der Waals surface area contributed by atoms with Crippen LogP contribution in [0.15, 0.2) is 23.1 Å². The van der Waals surface area contributed by atoms with Gasteiger partial charge >= 0.3 is 0 Å². The molecule has 1 aliphatic heterocycles. The van der Waals surface area contributed by atoms with Crippen molar-refractivity contribution >= 4 is 33.2 Å². The van der Waals surface area contributed by atoms with Crippen LogP contribution in [0.4, 0.5) is 5.69 Å². The average molecular weight is 405 g/mol. The van der Waals surface area contributed by atoms with Crippen LogP contribution in [0.5, 0.6) is 0 Å². The topological polar surface area (TPSA) is 80.2 Å². The zero-order valence-electron chi connectivity index (χ0n) is 15.7. The average Bonchev–Trinajstić information content (AvgIpc) is 2.54. The standard InChI is InChI=1S/C17H26ClN3O4S/c1-11-9-21(10-12(2)25-11)13(3)17(22)19-14-6-7-15(18)16(8-14)26(23,24)20(4)5/h6-8,11-13H,9-10H2,1-5H3,(H,19,22)/p+1/t11-,12+,13-/m0/s1. The van der Waals surface area contributed by atoms with Crippen molar-refractivity contribution < 1.29 is 22.8 Å². The van der Waals surface area contributed by atoms with Crippen LogP contribution in [-0.4, -0.2) is 64.1 Å². The van der Waals surface area contributed by atoms with E-state index in [9.17, 15) is 13.2 Å². The third-order valence-electron chi connectivity index (χ3n) is 4.53. The Hall–Kier alpha value is -1.19. The Morgan fingerprint density at radius 2 is 1.88 bits per heavy atom. The maximum Gasteiger partial charge on any atom is 0.282 e. The molecular formula is C17H27ClN3O4S+. The normalized spacial score (nSPS) is 25.1. The number of amides is 1. The molecule has 1 aromatic rings. The van der Waals surface area contributed by atoms with Gasteiger partial charge in [-0.3, -0.25) is 4.79 Å². The van der Waals surface area contributed by atoms with Crippen LogP contribution in [0.25, 0.3) is 0 Å². The van der Waals surface area contributed by atoms with E-state index in [1.54, 1.807) is 6.07 Å². The number of hydrogen-bond donors (Lipinski definition) is 2. The van der Waals surface area contributed by atoms with E-state index in [4.69, 9.17) is 16.3 Å². The van der Waals surface area contributed by atoms with E-state index in [2.05, 4.69) is 5.32 Å². The van der Waals surface area contributed by atoms with Crippen LogP contribution in [0.1, 0.15) is 20.8 Å². The van der Waals surface area contributed by atoms with Gasteiger partial charge in [0.2, 0.25) is 10.0 Å². The number of hydrogen-bond acceptors (Lipinski definition) is 4. The lowest BCUT2D eigenvalue weighted by Gasteiger charge is -2.35. The smallest absolute Gasteiger partial charge is 0.282 e. The number of morpholine rings is 1. The first-order valence-electron chi connectivity index (χ1n) is 8.55. The van der Waals surface area contributed by atoms with Crippen molar-refractivity contribution in [3.05, 3.63) is 23.2 Å². The summed E-state index contributed by atoms with van der Waals surface area (Å²) in [6, 6.07) is 4.18. The Labute approximate surface area is 160 Å². The molecule has 0 radical (unpaired) electrons. The first-order valence-corrected chi connectivity index (χ1v) is 10.4. The van der Waals surface area contributed by atoms with E-state index in [1.165, 1.54) is 26.2 Å². The van der Waals surface area contributed by atoms with Gasteiger partial charge in [-0.2, -0.15) is 0 Å². The second-order valence-electron chi connectivity index (χ2n) is 6.97. The third-order valence-corrected chi connectivity index (χ3v) is 6.82. The van der Waals surface area contributed by atoms with Crippen LogP contribution in [-0.2, 0) is 19.6 Å². The molecule has 26 heavy (non-hydrogen) atoms. The molecule has 2 rings (SSSR count). The minimum absolute atomic E-state index is 0.0319. The van der Waals surface area contributed by atoms with Crippen LogP contribution in [0.3, 0.4) is 0 Å². The lowest BCUT2D eigenvalue weighted by atomic mass is 10.1. The van der Waals surface area contributed by atoms with Crippen molar-refractivity contribution in [2.45, 2.75) is 43.9 Å². The molecule has 0 bridgehead atoms. The fraction of sp³-hybridized carbons (Fsp3) is 0.588. The molecule has 7 nitrogen and oxygen atoms in total. The zero-order chi connectivity index (χ0) is 19.6. The maximum absolute atomic E-state index is 12.6. The molecule has 1 amide bonds. The number of nitrogens with zero attached hydrogens (tertiary/aromatic N) is 1. The zero-order valence-corrected chi connectivity index (χ0v) is 17.3. The summed E-state index contributed by atoms with van der Waals surface area (Å²) in [6.45, 7) is 7.36. The maximum atomic E-state index is 12.6. The van der Waals surface area contributed by atoms with Crippen molar-refractivity contribution in [3.63, 3.8) is 0 Å². The lowest BCUT2D eigenvalue weighted by Crippen LogP contribution is -3.19. The van der Waals surface area contributed by atoms with Gasteiger partial charge in [0, 0.05) is 19.8 Å². The van der Waals surface area contributed by atoms with E-state index in [0.717, 1.165) is 22.3 Å². The molecule has 1 aromatic carbocycles. The minimum atomic E-state index is -3.69. The summed E-state index contributed by atoms with van der Waals surface area (Å²) in [5.41, 5.74) is 0.403. The summed E-state index contributed by atoms with van der Waals surface area (Å²) in [5, 5.41) is 2.92. The van der Waals surface area contributed by atoms with Gasteiger partial charge in [-0.05, 0) is 39.0 Å². The van der Waals surface area contributed by atoms with Gasteiger partial charge in [0.1, 0.15) is 30.2 Å². The van der Waals surface area contributed by atoms with Gasteiger partial charge in [0.05, 0.1) is 5.02 Å². The van der Waals surface area contributed by atoms with Crippen molar-refractivity contribution in [2.75, 3.05) is 32.5 Å². The Morgan fingerprint density at radius 3 is 2.42 bits per heavy atom. The van der Waals surface area contributed by atoms with E-state index < -0.39 is 10.0 Å². The minimum Gasteiger partial charge on any atom is -0.364 e. The molecule has 1 fully saturated rings. The fourth-order valence-electron chi connectivity index (χ4n) is 3.08. The summed E-state index contributed by atoms with van der Waals surface area (Å²) >= 11 is 6.04. The quantitative estimate of drug-likeness (QED) is 0.753. The number of rotatable bonds is 5. The molecule has 0 saturated carbocycles. The Bertz CT molecular complexity index is 759. The predicted octanol–water partition coefficient (Wildman–Crippen LogP) is 0.609. The van der Waals surface area contributed by atoms with Crippen LogP contribution < -0.4 is 10.2 Å². The molecule has 0 spiro atoms. The van der Waals surface area contributed by atoms with Crippen LogP contribution >= 0.6 is 11.6 Å². The summed E-state index contributed by atoms with van der Waals surface area (Å²) in [6.07, 6.45) is 0.188. The first-order chi connectivity index (χ1) is 12.0. The Morgan fingerprint density at radius 1 is 1.31 bits per heavy atom. The Balaban J connectivity index is 2.16. The monoisotopic (exact) mass is 404 g/mol. The molecule has 1 aliphatic rings. The highest BCUT2D eigenvalue weighted by atomic mass is 35.5. The number of halogens is 1. The first kappa shape index (κ1) is 21.1. The second kappa shape index (κ2) is 8.22. The predicted molar refractivity (Wildman–Crippen MR) is 101 cm³/mol. The van der Waals surface area contributed by atoms with Crippen LogP contribution in [0, 0.1) is 0 Å². The van der Waals surface area contributed by atoms with Crippen molar-refractivity contribution in [2.24, 2.45) is 0 Å². The van der Waals surface area contributed by atoms with Gasteiger partial charge in [-0.15, -0.1) is 0 Å². The third kappa shape index (κ3) is 4.75. The number of anilines is 1. The van der Waals surface area contributed by atoms with Gasteiger partial charge in [0.15, 0.2) is 6.04 Å². The number of carbonyl (C=O) groups excluding carboxylic acids is 1. The number of quaternary nitrogens is 1. The highest BCUT2D eigenvalue weighted by Gasteiger charge is 2.33. The van der Waals surface area contributed by atoms with Gasteiger partial charge in [-0.25, -0.2) is 12.7 Å². The second-order valence-corrected chi connectivity index (χ2v) is 9.49. The molecule has 146 valence electrons. The lowest BCUT2D eigenvalue weighted by molar-refractivity contribution is -0.928.